The number of hydrogen-bond acceptors (Lipinski definition) is 2. The lowest BCUT2D eigenvalue weighted by Crippen LogP contribution is -2.75. The lowest BCUT2D eigenvalue weighted by Gasteiger charge is -2.63. The molecule has 0 aromatic heterocycles. The zero-order chi connectivity index (χ0) is 9.20. The van der Waals surface area contributed by atoms with Crippen molar-refractivity contribution < 1.29 is 18.1 Å². The fraction of sp³-hybridized carbons (Fsp3) is 1.00. The molecule has 0 unspecified atom stereocenters. The smallest absolute Gasteiger partial charge is 0.264 e. The number of nitrogens with zero attached hydrogens (tertiary/aromatic N) is 1. The van der Waals surface area contributed by atoms with E-state index in [1.165, 1.54) is 0 Å². The summed E-state index contributed by atoms with van der Waals surface area (Å²) in [5.41, 5.74) is -2.91. The summed E-state index contributed by atoms with van der Waals surface area (Å²) in [5, 5.41) is 10.2. The molecular weight excluding hydrogens is 175 g/mol. The Morgan fingerprint density at radius 2 is 1.67 bits per heavy atom. The first-order valence-electron chi connectivity index (χ1n) is 3.53. The van der Waals surface area contributed by atoms with E-state index in [2.05, 4.69) is 0 Å². The Labute approximate surface area is 65.7 Å². The van der Waals surface area contributed by atoms with Crippen LogP contribution in [0.3, 0.4) is 0 Å². The van der Waals surface area contributed by atoms with Gasteiger partial charge in [0.05, 0.1) is 5.41 Å². The maximum atomic E-state index is 12.1. The number of alkyl halides is 3. The largest absolute Gasteiger partial charge is 0.395 e. The summed E-state index contributed by atoms with van der Waals surface area (Å²) in [4.78, 5) is 9.68. The molecule has 12 heavy (non-hydrogen) atoms. The van der Waals surface area contributed by atoms with Crippen molar-refractivity contribution >= 4 is 0 Å². The van der Waals surface area contributed by atoms with Gasteiger partial charge in [-0.25, -0.2) is 0 Å². The van der Waals surface area contributed by atoms with Gasteiger partial charge in [0.1, 0.15) is 0 Å². The van der Waals surface area contributed by atoms with E-state index >= 15 is 0 Å². The van der Waals surface area contributed by atoms with E-state index in [0.29, 0.717) is 0 Å². The van der Waals surface area contributed by atoms with Crippen LogP contribution < -0.4 is 0 Å². The van der Waals surface area contributed by atoms with E-state index in [1.807, 2.05) is 0 Å². The van der Waals surface area contributed by atoms with Gasteiger partial charge in [0, 0.05) is 24.2 Å². The third kappa shape index (κ3) is 0.595. The van der Waals surface area contributed by atoms with Gasteiger partial charge < -0.3 is 0 Å². The van der Waals surface area contributed by atoms with Gasteiger partial charge in [0.2, 0.25) is 5.54 Å². The minimum absolute atomic E-state index is 0.309. The van der Waals surface area contributed by atoms with Gasteiger partial charge in [-0.2, -0.15) is 13.2 Å². The lowest BCUT2D eigenvalue weighted by atomic mass is 9.39. The van der Waals surface area contributed by atoms with Crippen LogP contribution in [0.15, 0.2) is 0 Å². The van der Waals surface area contributed by atoms with Crippen LogP contribution in [-0.4, -0.2) is 16.6 Å². The van der Waals surface area contributed by atoms with E-state index in [1.54, 1.807) is 0 Å². The van der Waals surface area contributed by atoms with E-state index in [4.69, 9.17) is 0 Å². The van der Waals surface area contributed by atoms with Gasteiger partial charge in [-0.15, -0.1) is 0 Å². The van der Waals surface area contributed by atoms with Crippen molar-refractivity contribution in [1.82, 2.24) is 0 Å². The van der Waals surface area contributed by atoms with Crippen LogP contribution >= 0.6 is 0 Å². The SMILES string of the molecule is O=[N+]([O-])C12CC(C(F)(F)F)(C1)C2. The first kappa shape index (κ1) is 7.82. The first-order valence-corrected chi connectivity index (χ1v) is 3.53. The summed E-state index contributed by atoms with van der Waals surface area (Å²) < 4.78 is 36.4. The average Bonchev–Trinajstić information content (AvgIpc) is 1.46. The van der Waals surface area contributed by atoms with E-state index in [-0.39, 0.29) is 19.3 Å². The van der Waals surface area contributed by atoms with E-state index in [0.717, 1.165) is 0 Å². The Bertz CT molecular complexity index is 240. The minimum atomic E-state index is -4.25. The Balaban J connectivity index is 2.09. The van der Waals surface area contributed by atoms with Gasteiger partial charge in [0.25, 0.3) is 0 Å². The van der Waals surface area contributed by atoms with E-state index < -0.39 is 22.1 Å². The number of halogens is 3. The molecule has 0 N–H and O–H groups in total. The molecule has 0 atom stereocenters. The van der Waals surface area contributed by atoms with Crippen LogP contribution in [0.2, 0.25) is 0 Å². The highest BCUT2D eigenvalue weighted by Gasteiger charge is 2.85. The van der Waals surface area contributed by atoms with Gasteiger partial charge in [-0.3, -0.25) is 10.1 Å². The molecule has 3 nitrogen and oxygen atoms in total. The van der Waals surface area contributed by atoms with Gasteiger partial charge >= 0.3 is 6.18 Å². The molecule has 3 saturated carbocycles. The molecule has 3 aliphatic carbocycles. The number of nitro groups is 1. The molecule has 6 heteroatoms. The fourth-order valence-electron chi connectivity index (χ4n) is 2.23. The van der Waals surface area contributed by atoms with Gasteiger partial charge in [-0.05, 0) is 0 Å². The molecule has 0 amide bonds. The van der Waals surface area contributed by atoms with Crippen LogP contribution in [0.1, 0.15) is 19.3 Å². The molecule has 0 aromatic rings. The summed E-state index contributed by atoms with van der Waals surface area (Å²) >= 11 is 0. The van der Waals surface area contributed by atoms with Crippen LogP contribution in [0, 0.1) is 15.5 Å². The Morgan fingerprint density at radius 3 is 1.92 bits per heavy atom. The van der Waals surface area contributed by atoms with Gasteiger partial charge in [-0.1, -0.05) is 0 Å². The standard InChI is InChI=1S/C6H6F3NO2/c7-6(8,9)4-1-5(2-4,3-4)10(11)12/h1-3H2. The maximum Gasteiger partial charge on any atom is 0.395 e. The Morgan fingerprint density at radius 1 is 1.25 bits per heavy atom. The second-order valence-corrected chi connectivity index (χ2v) is 3.79. The molecule has 0 radical (unpaired) electrons. The molecule has 2 bridgehead atoms. The molecule has 68 valence electrons. The third-order valence-corrected chi connectivity index (χ3v) is 2.99. The van der Waals surface area contributed by atoms with Crippen molar-refractivity contribution in [3.05, 3.63) is 10.1 Å². The highest BCUT2D eigenvalue weighted by atomic mass is 19.4. The number of rotatable bonds is 1. The van der Waals surface area contributed by atoms with Crippen LogP contribution in [0.25, 0.3) is 0 Å². The predicted molar refractivity (Wildman–Crippen MR) is 32.1 cm³/mol. The molecule has 3 aliphatic rings. The zero-order valence-corrected chi connectivity index (χ0v) is 6.02. The number of hydrogen-bond donors (Lipinski definition) is 0. The molecule has 3 fully saturated rings. The van der Waals surface area contributed by atoms with Crippen LogP contribution in [-0.2, 0) is 0 Å². The summed E-state index contributed by atoms with van der Waals surface area (Å²) in [7, 11) is 0. The van der Waals surface area contributed by atoms with Crippen LogP contribution in [0.4, 0.5) is 13.2 Å². The first-order chi connectivity index (χ1) is 5.31. The molecular formula is C6H6F3NO2. The summed E-state index contributed by atoms with van der Waals surface area (Å²) in [6.45, 7) is 0. The molecule has 0 aliphatic heterocycles. The van der Waals surface area contributed by atoms with E-state index in [9.17, 15) is 23.3 Å². The summed E-state index contributed by atoms with van der Waals surface area (Å²) in [6, 6.07) is 0. The maximum absolute atomic E-state index is 12.1. The fourth-order valence-corrected chi connectivity index (χ4v) is 2.23. The average molecular weight is 181 g/mol. The molecule has 0 saturated heterocycles. The van der Waals surface area contributed by atoms with Crippen molar-refractivity contribution in [2.24, 2.45) is 5.41 Å². The molecule has 0 aromatic carbocycles. The van der Waals surface area contributed by atoms with Crippen molar-refractivity contribution in [2.45, 2.75) is 31.0 Å². The second kappa shape index (κ2) is 1.60. The minimum Gasteiger partial charge on any atom is -0.264 e. The lowest BCUT2D eigenvalue weighted by molar-refractivity contribution is -0.653. The molecule has 3 rings (SSSR count). The Hall–Kier alpha value is -0.810. The van der Waals surface area contributed by atoms with Crippen molar-refractivity contribution in [1.29, 1.82) is 0 Å². The molecule has 0 spiro atoms. The quantitative estimate of drug-likeness (QED) is 0.456. The highest BCUT2D eigenvalue weighted by Crippen LogP contribution is 2.74. The zero-order valence-electron chi connectivity index (χ0n) is 6.02. The summed E-state index contributed by atoms with van der Waals surface area (Å²) in [6.07, 6.45) is -5.17. The Kier molecular flexibility index (Phi) is 1.04. The van der Waals surface area contributed by atoms with Gasteiger partial charge in [0.15, 0.2) is 0 Å². The van der Waals surface area contributed by atoms with Crippen LogP contribution in [0.5, 0.6) is 0 Å². The second-order valence-electron chi connectivity index (χ2n) is 3.79. The normalized spacial score (nSPS) is 44.6. The molecule has 0 heterocycles. The predicted octanol–water partition coefficient (Wildman–Crippen LogP) is 1.75. The highest BCUT2D eigenvalue weighted by molar-refractivity contribution is 5.21. The summed E-state index contributed by atoms with van der Waals surface area (Å²) in [5.74, 6) is 0. The third-order valence-electron chi connectivity index (χ3n) is 2.99. The van der Waals surface area contributed by atoms with Crippen molar-refractivity contribution in [3.8, 4) is 0 Å². The topological polar surface area (TPSA) is 43.1 Å². The van der Waals surface area contributed by atoms with Crippen molar-refractivity contribution in [2.75, 3.05) is 0 Å². The van der Waals surface area contributed by atoms with Crippen molar-refractivity contribution in [3.63, 3.8) is 0 Å². The monoisotopic (exact) mass is 181 g/mol.